The summed E-state index contributed by atoms with van der Waals surface area (Å²) in [6.07, 6.45) is 4.47. The molecule has 0 saturated heterocycles. The zero-order valence-electron chi connectivity index (χ0n) is 17.2. The monoisotopic (exact) mass is 367 g/mol. The number of carbonyl (C=O) groups is 1. The maximum absolute atomic E-state index is 11.8. The fourth-order valence-electron chi connectivity index (χ4n) is 3.78. The molecular weight excluding hydrogens is 338 g/mol. The van der Waals surface area contributed by atoms with Gasteiger partial charge in [0.25, 0.3) is 0 Å². The van der Waals surface area contributed by atoms with Crippen molar-refractivity contribution in [2.24, 2.45) is 0 Å². The first-order chi connectivity index (χ1) is 12.6. The molecule has 3 rings (SSSR count). The van der Waals surface area contributed by atoms with E-state index in [1.165, 1.54) is 24.0 Å². The highest BCUT2D eigenvalue weighted by Gasteiger charge is 2.36. The topological polar surface area (TPSA) is 52.3 Å². The number of esters is 1. The molecule has 0 spiro atoms. The van der Waals surface area contributed by atoms with Crippen LogP contribution in [0.4, 0.5) is 0 Å². The quantitative estimate of drug-likeness (QED) is 0.645. The third-order valence-electron chi connectivity index (χ3n) is 5.64. The first kappa shape index (κ1) is 19.4. The van der Waals surface area contributed by atoms with Crippen LogP contribution in [0, 0.1) is 0 Å². The van der Waals surface area contributed by atoms with Gasteiger partial charge in [-0.25, -0.2) is 4.79 Å². The van der Waals surface area contributed by atoms with Crippen LogP contribution in [0.1, 0.15) is 87.3 Å². The summed E-state index contributed by atoms with van der Waals surface area (Å²) < 4.78 is 10.3. The number of hydrogen-bond donors (Lipinski definition) is 0. The number of aromatic nitrogens is 1. The van der Waals surface area contributed by atoms with Crippen molar-refractivity contribution in [1.82, 2.24) is 5.16 Å². The summed E-state index contributed by atoms with van der Waals surface area (Å²) in [7, 11) is 0. The Hall–Kier alpha value is -2.36. The number of nitrogens with zero attached hydrogens (tertiary/aromatic N) is 1. The molecule has 0 N–H and O–H groups in total. The lowest BCUT2D eigenvalue weighted by atomic mass is 9.63. The first-order valence-electron chi connectivity index (χ1n) is 9.61. The highest BCUT2D eigenvalue weighted by Crippen LogP contribution is 2.46. The van der Waals surface area contributed by atoms with Gasteiger partial charge in [-0.3, -0.25) is 0 Å². The average molecular weight is 367 g/mol. The number of rotatable bonds is 4. The van der Waals surface area contributed by atoms with E-state index in [4.69, 9.17) is 9.26 Å². The van der Waals surface area contributed by atoms with Crippen molar-refractivity contribution in [3.8, 4) is 0 Å². The zero-order valence-corrected chi connectivity index (χ0v) is 17.2. The van der Waals surface area contributed by atoms with Gasteiger partial charge in [-0.15, -0.1) is 0 Å². The summed E-state index contributed by atoms with van der Waals surface area (Å²) in [5.41, 5.74) is 5.50. The SMILES string of the molecule is CCOC(=O)c1cc(/C(C)=C/c2ccc3c(c2)C(C)(C)CCC3(C)C)on1. The Bertz CT molecular complexity index is 887. The van der Waals surface area contributed by atoms with E-state index in [0.29, 0.717) is 12.4 Å². The van der Waals surface area contributed by atoms with Crippen molar-refractivity contribution in [1.29, 1.82) is 0 Å². The van der Waals surface area contributed by atoms with Crippen molar-refractivity contribution in [3.05, 3.63) is 52.4 Å². The number of ether oxygens (including phenoxy) is 1. The number of carbonyl (C=O) groups excluding carboxylic acids is 1. The number of allylic oxidation sites excluding steroid dienone is 1. The molecule has 4 nitrogen and oxygen atoms in total. The molecule has 0 unspecified atom stereocenters. The highest BCUT2D eigenvalue weighted by molar-refractivity contribution is 5.89. The van der Waals surface area contributed by atoms with E-state index in [2.05, 4.69) is 57.1 Å². The summed E-state index contributed by atoms with van der Waals surface area (Å²) in [4.78, 5) is 11.8. The second kappa shape index (κ2) is 6.99. The van der Waals surface area contributed by atoms with Crippen molar-refractivity contribution >= 4 is 17.6 Å². The van der Waals surface area contributed by atoms with Crippen LogP contribution in [-0.4, -0.2) is 17.7 Å². The summed E-state index contributed by atoms with van der Waals surface area (Å²) >= 11 is 0. The third-order valence-corrected chi connectivity index (χ3v) is 5.64. The fraction of sp³-hybridized carbons (Fsp3) is 0.478. The summed E-state index contributed by atoms with van der Waals surface area (Å²) in [6.45, 7) is 13.3. The largest absolute Gasteiger partial charge is 0.461 e. The standard InChI is InChI=1S/C23H29NO3/c1-7-26-21(25)19-14-20(27-24-19)15(2)12-16-8-9-17-18(13-16)23(5,6)11-10-22(17,3)4/h8-9,12-14H,7,10-11H2,1-6H3/b15-12+. The molecule has 1 aliphatic rings. The van der Waals surface area contributed by atoms with Gasteiger partial charge in [0.2, 0.25) is 0 Å². The lowest BCUT2D eigenvalue weighted by molar-refractivity contribution is 0.0514. The normalized spacial score (nSPS) is 18.1. The number of fused-ring (bicyclic) bond motifs is 1. The number of benzene rings is 1. The van der Waals surface area contributed by atoms with Crippen LogP contribution in [-0.2, 0) is 15.6 Å². The number of hydrogen-bond acceptors (Lipinski definition) is 4. The predicted octanol–water partition coefficient (Wildman–Crippen LogP) is 5.76. The molecule has 1 heterocycles. The third kappa shape index (κ3) is 3.85. The van der Waals surface area contributed by atoms with Crippen LogP contribution in [0.3, 0.4) is 0 Å². The van der Waals surface area contributed by atoms with E-state index < -0.39 is 5.97 Å². The van der Waals surface area contributed by atoms with Crippen molar-refractivity contribution in [2.45, 2.75) is 65.2 Å². The van der Waals surface area contributed by atoms with Crippen LogP contribution < -0.4 is 0 Å². The molecule has 0 radical (unpaired) electrons. The smallest absolute Gasteiger partial charge is 0.360 e. The Balaban J connectivity index is 1.93. The van der Waals surface area contributed by atoms with Crippen molar-refractivity contribution in [2.75, 3.05) is 6.61 Å². The van der Waals surface area contributed by atoms with Crippen LogP contribution in [0.5, 0.6) is 0 Å². The Morgan fingerprint density at radius 3 is 2.48 bits per heavy atom. The van der Waals surface area contributed by atoms with Gasteiger partial charge in [-0.2, -0.15) is 0 Å². The van der Waals surface area contributed by atoms with Crippen LogP contribution >= 0.6 is 0 Å². The summed E-state index contributed by atoms with van der Waals surface area (Å²) in [5, 5.41) is 3.82. The molecule has 1 aliphatic carbocycles. The Morgan fingerprint density at radius 1 is 1.15 bits per heavy atom. The molecule has 0 fully saturated rings. The van der Waals surface area contributed by atoms with Gasteiger partial charge < -0.3 is 9.26 Å². The van der Waals surface area contributed by atoms with E-state index in [1.807, 2.05) is 6.92 Å². The molecule has 0 saturated carbocycles. The summed E-state index contributed by atoms with van der Waals surface area (Å²) in [6, 6.07) is 8.35. The van der Waals surface area contributed by atoms with E-state index in [9.17, 15) is 4.79 Å². The highest BCUT2D eigenvalue weighted by atomic mass is 16.5. The molecule has 144 valence electrons. The molecule has 1 aromatic carbocycles. The molecule has 4 heteroatoms. The molecule has 0 bridgehead atoms. The maximum atomic E-state index is 11.8. The van der Waals surface area contributed by atoms with Gasteiger partial charge in [0, 0.05) is 6.07 Å². The Kier molecular flexibility index (Phi) is 5.02. The Labute approximate surface area is 161 Å². The fourth-order valence-corrected chi connectivity index (χ4v) is 3.78. The molecule has 1 aromatic heterocycles. The van der Waals surface area contributed by atoms with Gasteiger partial charge in [0.05, 0.1) is 6.61 Å². The molecule has 0 atom stereocenters. The lowest BCUT2D eigenvalue weighted by Gasteiger charge is -2.42. The minimum atomic E-state index is -0.460. The van der Waals surface area contributed by atoms with Crippen molar-refractivity contribution in [3.63, 3.8) is 0 Å². The van der Waals surface area contributed by atoms with Gasteiger partial charge in [0.1, 0.15) is 0 Å². The zero-order chi connectivity index (χ0) is 19.8. The average Bonchev–Trinajstić information content (AvgIpc) is 3.10. The van der Waals surface area contributed by atoms with E-state index >= 15 is 0 Å². The summed E-state index contributed by atoms with van der Waals surface area (Å²) in [5.74, 6) is 0.119. The van der Waals surface area contributed by atoms with Gasteiger partial charge in [0.15, 0.2) is 11.5 Å². The minimum absolute atomic E-state index is 0.173. The second-order valence-electron chi connectivity index (χ2n) is 8.70. The molecule has 2 aromatic rings. The van der Waals surface area contributed by atoms with Gasteiger partial charge in [-0.1, -0.05) is 51.1 Å². The predicted molar refractivity (Wildman–Crippen MR) is 108 cm³/mol. The van der Waals surface area contributed by atoms with E-state index in [1.54, 1.807) is 13.0 Å². The molecule has 27 heavy (non-hydrogen) atoms. The second-order valence-corrected chi connectivity index (χ2v) is 8.70. The lowest BCUT2D eigenvalue weighted by Crippen LogP contribution is -2.33. The molecular formula is C23H29NO3. The first-order valence-corrected chi connectivity index (χ1v) is 9.61. The van der Waals surface area contributed by atoms with Gasteiger partial charge in [-0.05, 0) is 65.9 Å². The minimum Gasteiger partial charge on any atom is -0.461 e. The van der Waals surface area contributed by atoms with Crippen LogP contribution in [0.15, 0.2) is 28.8 Å². The van der Waals surface area contributed by atoms with Crippen LogP contribution in [0.25, 0.3) is 11.6 Å². The maximum Gasteiger partial charge on any atom is 0.360 e. The van der Waals surface area contributed by atoms with Gasteiger partial charge >= 0.3 is 5.97 Å². The molecule has 0 aliphatic heterocycles. The van der Waals surface area contributed by atoms with E-state index in [-0.39, 0.29) is 16.5 Å². The Morgan fingerprint density at radius 2 is 1.81 bits per heavy atom. The van der Waals surface area contributed by atoms with Crippen LogP contribution in [0.2, 0.25) is 0 Å². The van der Waals surface area contributed by atoms with E-state index in [0.717, 1.165) is 11.1 Å². The van der Waals surface area contributed by atoms with Crippen molar-refractivity contribution < 1.29 is 14.1 Å². The molecule has 0 amide bonds.